The summed E-state index contributed by atoms with van der Waals surface area (Å²) in [5, 5.41) is 0. The van der Waals surface area contributed by atoms with Gasteiger partial charge in [0.05, 0.1) is 0 Å². The van der Waals surface area contributed by atoms with Crippen molar-refractivity contribution in [1.29, 1.82) is 0 Å². The molecule has 4 atom stereocenters. The van der Waals surface area contributed by atoms with Crippen LogP contribution in [0, 0.1) is 5.92 Å². The van der Waals surface area contributed by atoms with Gasteiger partial charge in [-0.05, 0) is 89.1 Å². The van der Waals surface area contributed by atoms with E-state index in [0.717, 1.165) is 12.8 Å². The molecule has 0 aromatic carbocycles. The zero-order chi connectivity index (χ0) is 20.0. The lowest BCUT2D eigenvalue weighted by Gasteiger charge is -2.37. The first-order chi connectivity index (χ1) is 13.5. The zero-order valence-electron chi connectivity index (χ0n) is 17.4. The van der Waals surface area contributed by atoms with Crippen LogP contribution in [0.2, 0.25) is 0 Å². The van der Waals surface area contributed by atoms with Crippen molar-refractivity contribution in [2.24, 2.45) is 5.92 Å². The fraction of sp³-hybridized carbons (Fsp3) is 0.400. The number of hydrogen-bond acceptors (Lipinski definition) is 3. The van der Waals surface area contributed by atoms with Crippen LogP contribution in [0.5, 0.6) is 0 Å². The van der Waals surface area contributed by atoms with Gasteiger partial charge in [0.15, 0.2) is 0 Å². The highest BCUT2D eigenvalue weighted by molar-refractivity contribution is 5.26. The number of aromatic nitrogens is 3. The van der Waals surface area contributed by atoms with Crippen LogP contribution in [0.1, 0.15) is 69.1 Å². The minimum Gasteiger partial charge on any atom is -0.265 e. The minimum absolute atomic E-state index is 0.0757. The third-order valence-corrected chi connectivity index (χ3v) is 6.27. The van der Waals surface area contributed by atoms with E-state index in [1.807, 2.05) is 37.2 Å². The topological polar surface area (TPSA) is 38.7 Å². The molecule has 0 radical (unpaired) electrons. The Hall–Kier alpha value is -2.55. The van der Waals surface area contributed by atoms with Crippen molar-refractivity contribution in [2.75, 3.05) is 0 Å². The molecular formula is C25H31N3. The van der Waals surface area contributed by atoms with E-state index in [9.17, 15) is 0 Å². The van der Waals surface area contributed by atoms with E-state index < -0.39 is 0 Å². The van der Waals surface area contributed by atoms with Crippen LogP contribution in [-0.4, -0.2) is 15.0 Å². The SMILES string of the molecule is CC(CC(C)(CC(C)C(C)c1ccncc1)c1ccncc1)c1ccncc1. The van der Waals surface area contributed by atoms with Gasteiger partial charge in [-0.15, -0.1) is 0 Å². The molecule has 0 fully saturated rings. The molecule has 0 amide bonds. The van der Waals surface area contributed by atoms with E-state index in [1.165, 1.54) is 16.7 Å². The Morgan fingerprint density at radius 1 is 0.679 bits per heavy atom. The predicted octanol–water partition coefficient (Wildman–Crippen LogP) is 6.15. The summed E-state index contributed by atoms with van der Waals surface area (Å²) in [7, 11) is 0. The summed E-state index contributed by atoms with van der Waals surface area (Å²) in [6.07, 6.45) is 13.6. The Bertz CT molecular complexity index is 835. The van der Waals surface area contributed by atoms with E-state index in [4.69, 9.17) is 0 Å². The summed E-state index contributed by atoms with van der Waals surface area (Å²) >= 11 is 0. The summed E-state index contributed by atoms with van der Waals surface area (Å²) in [6.45, 7) is 9.45. The fourth-order valence-corrected chi connectivity index (χ4v) is 4.44. The summed E-state index contributed by atoms with van der Waals surface area (Å²) in [5.41, 5.74) is 4.16. The van der Waals surface area contributed by atoms with Crippen molar-refractivity contribution >= 4 is 0 Å². The van der Waals surface area contributed by atoms with Gasteiger partial charge in [0.1, 0.15) is 0 Å². The van der Waals surface area contributed by atoms with E-state index in [0.29, 0.717) is 17.8 Å². The van der Waals surface area contributed by atoms with Gasteiger partial charge in [-0.25, -0.2) is 0 Å². The molecule has 3 aromatic rings. The molecule has 0 saturated carbocycles. The molecule has 28 heavy (non-hydrogen) atoms. The van der Waals surface area contributed by atoms with Gasteiger partial charge >= 0.3 is 0 Å². The van der Waals surface area contributed by atoms with Crippen LogP contribution in [-0.2, 0) is 5.41 Å². The molecule has 0 bridgehead atoms. The first kappa shape index (κ1) is 20.2. The van der Waals surface area contributed by atoms with Gasteiger partial charge in [0, 0.05) is 37.2 Å². The standard InChI is InChI=1S/C25H31N3/c1-19(21(3)23-7-13-27-14-8-23)17-25(4,24-9-15-28-16-10-24)18-20(2)22-5-11-26-12-6-22/h5-16,19-21H,17-18H2,1-4H3. The van der Waals surface area contributed by atoms with Crippen LogP contribution in [0.4, 0.5) is 0 Å². The van der Waals surface area contributed by atoms with Gasteiger partial charge in [-0.2, -0.15) is 0 Å². The first-order valence-electron chi connectivity index (χ1n) is 10.2. The quantitative estimate of drug-likeness (QED) is 0.475. The van der Waals surface area contributed by atoms with E-state index in [2.05, 4.69) is 79.0 Å². The summed E-state index contributed by atoms with van der Waals surface area (Å²) in [4.78, 5) is 12.6. The van der Waals surface area contributed by atoms with Crippen LogP contribution in [0.15, 0.2) is 73.6 Å². The van der Waals surface area contributed by atoms with E-state index in [-0.39, 0.29) is 5.41 Å². The molecule has 3 nitrogen and oxygen atoms in total. The molecule has 3 rings (SSSR count). The Kier molecular flexibility index (Phi) is 6.56. The van der Waals surface area contributed by atoms with Crippen LogP contribution in [0.3, 0.4) is 0 Å². The maximum Gasteiger partial charge on any atom is 0.0270 e. The Labute approximate surface area is 169 Å². The second kappa shape index (κ2) is 9.09. The highest BCUT2D eigenvalue weighted by atomic mass is 14.6. The third-order valence-electron chi connectivity index (χ3n) is 6.27. The molecule has 0 spiro atoms. The highest BCUT2D eigenvalue weighted by Crippen LogP contribution is 2.42. The van der Waals surface area contributed by atoms with Crippen molar-refractivity contribution in [1.82, 2.24) is 15.0 Å². The second-order valence-corrected chi connectivity index (χ2v) is 8.43. The van der Waals surface area contributed by atoms with Crippen molar-refractivity contribution in [2.45, 2.75) is 57.8 Å². The molecular weight excluding hydrogens is 342 g/mol. The summed E-state index contributed by atoms with van der Waals surface area (Å²) in [5.74, 6) is 1.50. The Morgan fingerprint density at radius 3 is 1.68 bits per heavy atom. The van der Waals surface area contributed by atoms with Gasteiger partial charge in [0.2, 0.25) is 0 Å². The molecule has 0 aliphatic rings. The van der Waals surface area contributed by atoms with E-state index in [1.54, 1.807) is 0 Å². The molecule has 146 valence electrons. The Balaban J connectivity index is 1.84. The van der Waals surface area contributed by atoms with Crippen molar-refractivity contribution in [3.8, 4) is 0 Å². The molecule has 0 saturated heterocycles. The molecule has 4 unspecified atom stereocenters. The minimum atomic E-state index is 0.0757. The molecule has 3 heterocycles. The van der Waals surface area contributed by atoms with Gasteiger partial charge < -0.3 is 0 Å². The molecule has 0 aliphatic heterocycles. The zero-order valence-corrected chi connectivity index (χ0v) is 17.4. The summed E-state index contributed by atoms with van der Waals surface area (Å²) in [6, 6.07) is 12.9. The number of pyridine rings is 3. The smallest absolute Gasteiger partial charge is 0.0270 e. The van der Waals surface area contributed by atoms with Crippen molar-refractivity contribution in [3.05, 3.63) is 90.3 Å². The lowest BCUT2D eigenvalue weighted by molar-refractivity contribution is 0.292. The maximum atomic E-state index is 4.24. The second-order valence-electron chi connectivity index (χ2n) is 8.43. The van der Waals surface area contributed by atoms with Gasteiger partial charge in [-0.1, -0.05) is 27.7 Å². The predicted molar refractivity (Wildman–Crippen MR) is 115 cm³/mol. The lowest BCUT2D eigenvalue weighted by Crippen LogP contribution is -2.28. The molecule has 3 heteroatoms. The summed E-state index contributed by atoms with van der Waals surface area (Å²) < 4.78 is 0. The lowest BCUT2D eigenvalue weighted by atomic mass is 9.67. The number of nitrogens with zero attached hydrogens (tertiary/aromatic N) is 3. The molecule has 0 N–H and O–H groups in total. The van der Waals surface area contributed by atoms with Gasteiger partial charge in [-0.3, -0.25) is 15.0 Å². The maximum absolute atomic E-state index is 4.24. The van der Waals surface area contributed by atoms with Crippen LogP contribution < -0.4 is 0 Å². The normalized spacial score (nSPS) is 16.7. The van der Waals surface area contributed by atoms with Gasteiger partial charge in [0.25, 0.3) is 0 Å². The van der Waals surface area contributed by atoms with Crippen molar-refractivity contribution in [3.63, 3.8) is 0 Å². The monoisotopic (exact) mass is 373 g/mol. The molecule has 3 aromatic heterocycles. The number of rotatable bonds is 8. The third kappa shape index (κ3) is 4.83. The van der Waals surface area contributed by atoms with Crippen molar-refractivity contribution < 1.29 is 0 Å². The van der Waals surface area contributed by atoms with Crippen LogP contribution in [0.25, 0.3) is 0 Å². The number of hydrogen-bond donors (Lipinski definition) is 0. The fourth-order valence-electron chi connectivity index (χ4n) is 4.44. The van der Waals surface area contributed by atoms with E-state index >= 15 is 0 Å². The molecule has 0 aliphatic carbocycles. The van der Waals surface area contributed by atoms with Crippen LogP contribution >= 0.6 is 0 Å². The first-order valence-corrected chi connectivity index (χ1v) is 10.2. The Morgan fingerprint density at radius 2 is 1.14 bits per heavy atom. The average Bonchev–Trinajstić information content (AvgIpc) is 2.75. The average molecular weight is 374 g/mol. The largest absolute Gasteiger partial charge is 0.265 e. The highest BCUT2D eigenvalue weighted by Gasteiger charge is 2.32.